The highest BCUT2D eigenvalue weighted by Crippen LogP contribution is 2.33. The number of nitrogens with zero attached hydrogens (tertiary/aromatic N) is 1. The Hall–Kier alpha value is -1.31. The fourth-order valence-corrected chi connectivity index (χ4v) is 2.51. The molecular weight excluding hydrogens is 198 g/mol. The molecule has 0 saturated carbocycles. The molecule has 2 rings (SSSR count). The van der Waals surface area contributed by atoms with Gasteiger partial charge >= 0.3 is 0 Å². The molecule has 16 heavy (non-hydrogen) atoms. The number of carbonyl (C=O) groups is 1. The van der Waals surface area contributed by atoms with Crippen molar-refractivity contribution in [3.63, 3.8) is 0 Å². The fraction of sp³-hybridized carbons (Fsp3) is 0.500. The average molecular weight is 217 g/mol. The van der Waals surface area contributed by atoms with E-state index in [1.54, 1.807) is 0 Å². The molecule has 0 fully saturated rings. The summed E-state index contributed by atoms with van der Waals surface area (Å²) in [6.45, 7) is 7.35. The second kappa shape index (κ2) is 3.62. The second-order valence-corrected chi connectivity index (χ2v) is 5.28. The van der Waals surface area contributed by atoms with Gasteiger partial charge in [-0.05, 0) is 23.6 Å². The predicted octanol–water partition coefficient (Wildman–Crippen LogP) is 2.61. The van der Waals surface area contributed by atoms with Crippen LogP contribution in [0.1, 0.15) is 42.3 Å². The van der Waals surface area contributed by atoms with Crippen LogP contribution in [0.2, 0.25) is 0 Å². The first-order chi connectivity index (χ1) is 7.45. The van der Waals surface area contributed by atoms with E-state index in [2.05, 4.69) is 32.9 Å². The van der Waals surface area contributed by atoms with E-state index in [0.717, 1.165) is 18.5 Å². The van der Waals surface area contributed by atoms with Gasteiger partial charge in [0.05, 0.1) is 0 Å². The molecule has 2 heteroatoms. The van der Waals surface area contributed by atoms with Crippen LogP contribution >= 0.6 is 0 Å². The molecule has 0 saturated heterocycles. The lowest BCUT2D eigenvalue weighted by Gasteiger charge is -2.37. The Kier molecular flexibility index (Phi) is 2.53. The van der Waals surface area contributed by atoms with Gasteiger partial charge in [0.1, 0.15) is 0 Å². The molecule has 1 aliphatic heterocycles. The molecule has 0 atom stereocenters. The molecule has 0 radical (unpaired) electrons. The zero-order chi connectivity index (χ0) is 11.9. The minimum atomic E-state index is 0.0587. The zero-order valence-electron chi connectivity index (χ0n) is 10.5. The Morgan fingerprint density at radius 3 is 2.69 bits per heavy atom. The summed E-state index contributed by atoms with van der Waals surface area (Å²) in [6, 6.07) is 6.24. The van der Waals surface area contributed by atoms with Gasteiger partial charge in [-0.1, -0.05) is 32.9 Å². The smallest absolute Gasteiger partial charge is 0.253 e. The van der Waals surface area contributed by atoms with Gasteiger partial charge in [0.2, 0.25) is 0 Å². The summed E-state index contributed by atoms with van der Waals surface area (Å²) in [4.78, 5) is 13.8. The van der Waals surface area contributed by atoms with Gasteiger partial charge in [-0.3, -0.25) is 4.79 Å². The summed E-state index contributed by atoms with van der Waals surface area (Å²) in [5, 5.41) is 0. The van der Waals surface area contributed by atoms with Crippen molar-refractivity contribution >= 4 is 5.91 Å². The van der Waals surface area contributed by atoms with E-state index in [0.29, 0.717) is 0 Å². The van der Waals surface area contributed by atoms with E-state index in [1.807, 2.05) is 18.0 Å². The standard InChI is InChI=1S/C14H19NO/c1-5-10-6-7-11-12(8-10)14(2,3)9-15(4)13(11)16/h6-8H,5,9H2,1-4H3. The molecule has 0 unspecified atom stereocenters. The van der Waals surface area contributed by atoms with Crippen molar-refractivity contribution in [3.05, 3.63) is 34.9 Å². The monoisotopic (exact) mass is 217 g/mol. The molecular formula is C14H19NO. The number of fused-ring (bicyclic) bond motifs is 1. The van der Waals surface area contributed by atoms with Crippen molar-refractivity contribution in [1.29, 1.82) is 0 Å². The molecule has 0 N–H and O–H groups in total. The summed E-state index contributed by atoms with van der Waals surface area (Å²) < 4.78 is 0. The predicted molar refractivity (Wildman–Crippen MR) is 65.8 cm³/mol. The summed E-state index contributed by atoms with van der Waals surface area (Å²) >= 11 is 0. The maximum absolute atomic E-state index is 12.0. The maximum Gasteiger partial charge on any atom is 0.253 e. The van der Waals surface area contributed by atoms with Crippen LogP contribution in [-0.4, -0.2) is 24.4 Å². The molecule has 1 aromatic rings. The van der Waals surface area contributed by atoms with Crippen LogP contribution in [0.5, 0.6) is 0 Å². The number of hydrogen-bond donors (Lipinski definition) is 0. The van der Waals surface area contributed by atoms with Crippen LogP contribution in [0.25, 0.3) is 0 Å². The number of amides is 1. The lowest BCUT2D eigenvalue weighted by atomic mass is 9.77. The minimum Gasteiger partial charge on any atom is -0.341 e. The van der Waals surface area contributed by atoms with Gasteiger partial charge in [-0.2, -0.15) is 0 Å². The molecule has 1 aromatic carbocycles. The molecule has 86 valence electrons. The number of benzene rings is 1. The van der Waals surface area contributed by atoms with Gasteiger partial charge in [-0.15, -0.1) is 0 Å². The Balaban J connectivity index is 2.60. The first kappa shape index (κ1) is 11.2. The van der Waals surface area contributed by atoms with Crippen LogP contribution in [-0.2, 0) is 11.8 Å². The van der Waals surface area contributed by atoms with Gasteiger partial charge in [0.15, 0.2) is 0 Å². The van der Waals surface area contributed by atoms with E-state index >= 15 is 0 Å². The molecule has 1 aliphatic rings. The first-order valence-electron chi connectivity index (χ1n) is 5.84. The Morgan fingerprint density at radius 1 is 1.38 bits per heavy atom. The summed E-state index contributed by atoms with van der Waals surface area (Å²) in [7, 11) is 1.88. The molecule has 1 amide bonds. The first-order valence-corrected chi connectivity index (χ1v) is 5.84. The SMILES string of the molecule is CCc1ccc2c(c1)C(C)(C)CN(C)C2=O. The van der Waals surface area contributed by atoms with E-state index < -0.39 is 0 Å². The van der Waals surface area contributed by atoms with Crippen LogP contribution in [0, 0.1) is 0 Å². The Bertz CT molecular complexity index is 434. The highest BCUT2D eigenvalue weighted by Gasteiger charge is 2.34. The van der Waals surface area contributed by atoms with E-state index in [4.69, 9.17) is 0 Å². The third-order valence-electron chi connectivity index (χ3n) is 3.43. The van der Waals surface area contributed by atoms with Gasteiger partial charge in [0, 0.05) is 24.6 Å². The number of aryl methyl sites for hydroxylation is 1. The van der Waals surface area contributed by atoms with Crippen molar-refractivity contribution in [2.24, 2.45) is 0 Å². The number of likely N-dealkylation sites (N-methyl/N-ethyl adjacent to an activating group) is 1. The lowest BCUT2D eigenvalue weighted by molar-refractivity contribution is 0.0737. The Labute approximate surface area is 97.3 Å². The molecule has 0 aromatic heterocycles. The van der Waals surface area contributed by atoms with Crippen molar-refractivity contribution in [3.8, 4) is 0 Å². The third-order valence-corrected chi connectivity index (χ3v) is 3.43. The van der Waals surface area contributed by atoms with E-state index in [-0.39, 0.29) is 11.3 Å². The van der Waals surface area contributed by atoms with Crippen molar-refractivity contribution in [1.82, 2.24) is 4.90 Å². The highest BCUT2D eigenvalue weighted by molar-refractivity contribution is 5.97. The number of rotatable bonds is 1. The summed E-state index contributed by atoms with van der Waals surface area (Å²) in [6.07, 6.45) is 1.02. The van der Waals surface area contributed by atoms with Crippen LogP contribution < -0.4 is 0 Å². The molecule has 0 bridgehead atoms. The minimum absolute atomic E-state index is 0.0587. The van der Waals surface area contributed by atoms with Gasteiger partial charge < -0.3 is 4.90 Å². The quantitative estimate of drug-likeness (QED) is 0.708. The second-order valence-electron chi connectivity index (χ2n) is 5.28. The van der Waals surface area contributed by atoms with E-state index in [1.165, 1.54) is 11.1 Å². The Morgan fingerprint density at radius 2 is 2.06 bits per heavy atom. The zero-order valence-corrected chi connectivity index (χ0v) is 10.5. The van der Waals surface area contributed by atoms with Crippen molar-refractivity contribution in [2.75, 3.05) is 13.6 Å². The normalized spacial score (nSPS) is 18.5. The van der Waals surface area contributed by atoms with Crippen LogP contribution in [0.4, 0.5) is 0 Å². The third kappa shape index (κ3) is 1.62. The topological polar surface area (TPSA) is 20.3 Å². The average Bonchev–Trinajstić information content (AvgIpc) is 2.25. The highest BCUT2D eigenvalue weighted by atomic mass is 16.2. The lowest BCUT2D eigenvalue weighted by Crippen LogP contribution is -2.44. The van der Waals surface area contributed by atoms with Gasteiger partial charge in [-0.25, -0.2) is 0 Å². The van der Waals surface area contributed by atoms with Gasteiger partial charge in [0.25, 0.3) is 5.91 Å². The van der Waals surface area contributed by atoms with Crippen LogP contribution in [0.15, 0.2) is 18.2 Å². The number of carbonyl (C=O) groups excluding carboxylic acids is 1. The largest absolute Gasteiger partial charge is 0.341 e. The van der Waals surface area contributed by atoms with E-state index in [9.17, 15) is 4.79 Å². The molecule has 0 aliphatic carbocycles. The summed E-state index contributed by atoms with van der Waals surface area (Å²) in [5.41, 5.74) is 3.44. The van der Waals surface area contributed by atoms with Crippen molar-refractivity contribution in [2.45, 2.75) is 32.6 Å². The molecule has 1 heterocycles. The molecule has 0 spiro atoms. The molecule has 2 nitrogen and oxygen atoms in total. The summed E-state index contributed by atoms with van der Waals surface area (Å²) in [5.74, 6) is 0.150. The van der Waals surface area contributed by atoms with Crippen LogP contribution in [0.3, 0.4) is 0 Å². The van der Waals surface area contributed by atoms with Crippen molar-refractivity contribution < 1.29 is 4.79 Å². The maximum atomic E-state index is 12.0. The fourth-order valence-electron chi connectivity index (χ4n) is 2.51. The number of hydrogen-bond acceptors (Lipinski definition) is 1.